The minimum absolute atomic E-state index is 0.448. The highest BCUT2D eigenvalue weighted by Crippen LogP contribution is 2.25. The van der Waals surface area contributed by atoms with Crippen molar-refractivity contribution in [2.45, 2.75) is 18.9 Å². The van der Waals surface area contributed by atoms with Crippen LogP contribution in [0, 0.1) is 0 Å². The number of aryl methyl sites for hydroxylation is 1. The topological polar surface area (TPSA) is 55.6 Å². The summed E-state index contributed by atoms with van der Waals surface area (Å²) >= 11 is 0. The number of nitrogens with zero attached hydrogens (tertiary/aromatic N) is 4. The number of hydrogen-bond donors (Lipinski definition) is 1. The van der Waals surface area contributed by atoms with Gasteiger partial charge in [-0.05, 0) is 16.3 Å². The summed E-state index contributed by atoms with van der Waals surface area (Å²) in [6.45, 7) is 1.94. The van der Waals surface area contributed by atoms with E-state index in [1.807, 2.05) is 0 Å². The average Bonchev–Trinajstić information content (AvgIpc) is 2.75. The molecule has 2 heterocycles. The van der Waals surface area contributed by atoms with Crippen LogP contribution in [0.3, 0.4) is 0 Å². The van der Waals surface area contributed by atoms with E-state index in [-0.39, 0.29) is 0 Å². The van der Waals surface area contributed by atoms with Crippen LogP contribution in [0.5, 0.6) is 0 Å². The first kappa shape index (κ1) is 10.4. The Bertz CT molecular complexity index is 519. The Morgan fingerprint density at radius 1 is 1.41 bits per heavy atom. The number of benzene rings is 1. The van der Waals surface area contributed by atoms with E-state index in [1.165, 1.54) is 15.9 Å². The lowest BCUT2D eigenvalue weighted by Crippen LogP contribution is -2.29. The third-order valence-corrected chi connectivity index (χ3v) is 3.18. The summed E-state index contributed by atoms with van der Waals surface area (Å²) in [6.07, 6.45) is 0.845. The van der Waals surface area contributed by atoms with Crippen molar-refractivity contribution >= 4 is 0 Å². The second-order valence-electron chi connectivity index (χ2n) is 4.43. The van der Waals surface area contributed by atoms with Crippen LogP contribution in [0.25, 0.3) is 0 Å². The lowest BCUT2D eigenvalue weighted by atomic mass is 9.88. The molecule has 1 unspecified atom stereocenters. The second-order valence-corrected chi connectivity index (χ2v) is 4.43. The molecule has 0 bridgehead atoms. The van der Waals surface area contributed by atoms with Crippen molar-refractivity contribution in [3.63, 3.8) is 0 Å². The molecule has 0 saturated carbocycles. The van der Waals surface area contributed by atoms with Crippen molar-refractivity contribution in [2.24, 2.45) is 7.05 Å². The van der Waals surface area contributed by atoms with E-state index in [2.05, 4.69) is 45.0 Å². The zero-order valence-corrected chi connectivity index (χ0v) is 9.80. The zero-order chi connectivity index (χ0) is 11.7. The molecule has 1 N–H and O–H groups in total. The Kier molecular flexibility index (Phi) is 2.60. The van der Waals surface area contributed by atoms with Gasteiger partial charge in [-0.2, -0.15) is 4.80 Å². The first-order valence-electron chi connectivity index (χ1n) is 5.84. The molecule has 0 aliphatic carbocycles. The predicted octanol–water partition coefficient (Wildman–Crippen LogP) is 0.640. The maximum Gasteiger partial charge on any atom is 0.175 e. The fraction of sp³-hybridized carbons (Fsp3) is 0.417. The van der Waals surface area contributed by atoms with Gasteiger partial charge in [0.25, 0.3) is 0 Å². The summed E-state index contributed by atoms with van der Waals surface area (Å²) in [5, 5.41) is 15.6. The summed E-state index contributed by atoms with van der Waals surface area (Å²) in [5.41, 5.74) is 2.80. The molecular formula is C12H15N5. The van der Waals surface area contributed by atoms with Crippen molar-refractivity contribution in [1.29, 1.82) is 0 Å². The summed E-state index contributed by atoms with van der Waals surface area (Å²) in [6, 6.07) is 8.57. The first-order chi connectivity index (χ1) is 8.33. The molecule has 0 amide bonds. The first-order valence-corrected chi connectivity index (χ1v) is 5.84. The molecule has 1 aromatic heterocycles. The van der Waals surface area contributed by atoms with E-state index in [0.717, 1.165) is 25.3 Å². The molecule has 5 nitrogen and oxygen atoms in total. The number of fused-ring (bicyclic) bond motifs is 1. The van der Waals surface area contributed by atoms with Crippen LogP contribution in [0.4, 0.5) is 0 Å². The van der Waals surface area contributed by atoms with Gasteiger partial charge in [0.1, 0.15) is 0 Å². The highest BCUT2D eigenvalue weighted by Gasteiger charge is 2.21. The van der Waals surface area contributed by atoms with E-state index in [0.29, 0.717) is 5.92 Å². The second kappa shape index (κ2) is 4.25. The number of rotatable bonds is 2. The fourth-order valence-corrected chi connectivity index (χ4v) is 2.39. The molecule has 1 aromatic carbocycles. The van der Waals surface area contributed by atoms with Gasteiger partial charge < -0.3 is 5.32 Å². The fourth-order valence-electron chi connectivity index (χ4n) is 2.39. The van der Waals surface area contributed by atoms with Gasteiger partial charge in [-0.1, -0.05) is 24.3 Å². The van der Waals surface area contributed by atoms with E-state index < -0.39 is 0 Å². The molecule has 5 heteroatoms. The maximum absolute atomic E-state index is 4.24. The molecule has 88 valence electrons. The standard InChI is InChI=1S/C12H15N5/c1-17-15-12(14-16-17)6-10-8-13-7-9-4-2-3-5-11(9)10/h2-5,10,13H,6-8H2,1H3. The predicted molar refractivity (Wildman–Crippen MR) is 63.4 cm³/mol. The molecule has 1 aliphatic heterocycles. The van der Waals surface area contributed by atoms with Crippen molar-refractivity contribution in [3.05, 3.63) is 41.2 Å². The van der Waals surface area contributed by atoms with Crippen molar-refractivity contribution < 1.29 is 0 Å². The van der Waals surface area contributed by atoms with Crippen LogP contribution in [0.1, 0.15) is 22.9 Å². The third kappa shape index (κ3) is 2.06. The van der Waals surface area contributed by atoms with Crippen molar-refractivity contribution in [2.75, 3.05) is 6.54 Å². The maximum atomic E-state index is 4.24. The average molecular weight is 229 g/mol. The van der Waals surface area contributed by atoms with Crippen molar-refractivity contribution in [1.82, 2.24) is 25.5 Å². The monoisotopic (exact) mass is 229 g/mol. The van der Waals surface area contributed by atoms with Crippen LogP contribution in [-0.2, 0) is 20.0 Å². The van der Waals surface area contributed by atoms with E-state index >= 15 is 0 Å². The van der Waals surface area contributed by atoms with Gasteiger partial charge in [-0.15, -0.1) is 10.2 Å². The molecule has 17 heavy (non-hydrogen) atoms. The van der Waals surface area contributed by atoms with Gasteiger partial charge in [-0.25, -0.2) is 0 Å². The Morgan fingerprint density at radius 2 is 2.29 bits per heavy atom. The van der Waals surface area contributed by atoms with Gasteiger partial charge in [0.2, 0.25) is 0 Å². The molecule has 0 saturated heterocycles. The van der Waals surface area contributed by atoms with Crippen LogP contribution in [0.15, 0.2) is 24.3 Å². The van der Waals surface area contributed by atoms with E-state index in [4.69, 9.17) is 0 Å². The van der Waals surface area contributed by atoms with Crippen LogP contribution < -0.4 is 5.32 Å². The Balaban J connectivity index is 1.85. The quantitative estimate of drug-likeness (QED) is 0.821. The van der Waals surface area contributed by atoms with Gasteiger partial charge in [0, 0.05) is 25.4 Å². The minimum Gasteiger partial charge on any atom is -0.312 e. The van der Waals surface area contributed by atoms with Crippen molar-refractivity contribution in [3.8, 4) is 0 Å². The Labute approximate surface area is 99.8 Å². The van der Waals surface area contributed by atoms with Gasteiger partial charge in [-0.3, -0.25) is 0 Å². The van der Waals surface area contributed by atoms with E-state index in [9.17, 15) is 0 Å². The number of tetrazole rings is 1. The van der Waals surface area contributed by atoms with Crippen LogP contribution in [0.2, 0.25) is 0 Å². The lowest BCUT2D eigenvalue weighted by Gasteiger charge is -2.25. The Hall–Kier alpha value is -1.75. The SMILES string of the molecule is Cn1nnc(CC2CNCc3ccccc32)n1. The number of hydrogen-bond acceptors (Lipinski definition) is 4. The van der Waals surface area contributed by atoms with Gasteiger partial charge in [0.15, 0.2) is 5.82 Å². The summed E-state index contributed by atoms with van der Waals surface area (Å²) in [7, 11) is 1.80. The molecule has 0 fully saturated rings. The molecule has 0 radical (unpaired) electrons. The highest BCUT2D eigenvalue weighted by molar-refractivity contribution is 5.33. The molecule has 1 aliphatic rings. The van der Waals surface area contributed by atoms with E-state index in [1.54, 1.807) is 7.05 Å². The third-order valence-electron chi connectivity index (χ3n) is 3.18. The summed E-state index contributed by atoms with van der Waals surface area (Å²) in [5.74, 6) is 1.26. The lowest BCUT2D eigenvalue weighted by molar-refractivity contribution is 0.528. The largest absolute Gasteiger partial charge is 0.312 e. The van der Waals surface area contributed by atoms with Crippen LogP contribution in [-0.4, -0.2) is 26.8 Å². The summed E-state index contributed by atoms with van der Waals surface area (Å²) < 4.78 is 0. The number of nitrogens with one attached hydrogen (secondary N) is 1. The smallest absolute Gasteiger partial charge is 0.175 e. The molecule has 1 atom stereocenters. The summed E-state index contributed by atoms with van der Waals surface area (Å²) in [4.78, 5) is 1.51. The molecule has 0 spiro atoms. The highest BCUT2D eigenvalue weighted by atomic mass is 15.6. The van der Waals surface area contributed by atoms with Gasteiger partial charge in [0.05, 0.1) is 7.05 Å². The Morgan fingerprint density at radius 3 is 3.12 bits per heavy atom. The normalized spacial score (nSPS) is 19.0. The molecule has 2 aromatic rings. The molecular weight excluding hydrogens is 214 g/mol. The van der Waals surface area contributed by atoms with Crippen LogP contribution >= 0.6 is 0 Å². The zero-order valence-electron chi connectivity index (χ0n) is 9.80. The number of aromatic nitrogens is 4. The van der Waals surface area contributed by atoms with Gasteiger partial charge >= 0.3 is 0 Å². The minimum atomic E-state index is 0.448. The molecule has 3 rings (SSSR count).